The number of hydrogen-bond donors (Lipinski definition) is 3. The van der Waals surface area contributed by atoms with Gasteiger partial charge in [-0.1, -0.05) is 382 Å². The van der Waals surface area contributed by atoms with E-state index in [1.165, 1.54) is 250 Å². The molecule has 0 saturated carbocycles. The van der Waals surface area contributed by atoms with Gasteiger partial charge in [0.05, 0.1) is 26.4 Å². The highest BCUT2D eigenvalue weighted by Crippen LogP contribution is 2.45. The molecule has 0 radical (unpaired) electrons. The third-order valence-electron chi connectivity index (χ3n) is 19.6. The van der Waals surface area contributed by atoms with E-state index in [2.05, 4.69) is 41.5 Å². The molecule has 3 N–H and O–H groups in total. The van der Waals surface area contributed by atoms with Gasteiger partial charge in [0.2, 0.25) is 0 Å². The molecule has 0 amide bonds. The summed E-state index contributed by atoms with van der Waals surface area (Å²) in [7, 11) is -9.92. The first-order valence-corrected chi connectivity index (χ1v) is 45.5. The fourth-order valence-electron chi connectivity index (χ4n) is 12.7. The number of rotatable bonds is 81. The van der Waals surface area contributed by atoms with Crippen LogP contribution in [-0.2, 0) is 65.4 Å². The van der Waals surface area contributed by atoms with Gasteiger partial charge in [-0.2, -0.15) is 0 Å². The van der Waals surface area contributed by atoms with Crippen LogP contribution in [0.3, 0.4) is 0 Å². The number of hydrogen-bond acceptors (Lipinski definition) is 15. The molecule has 0 bridgehead atoms. The van der Waals surface area contributed by atoms with E-state index >= 15 is 0 Å². The quantitative estimate of drug-likeness (QED) is 0.0222. The maximum Gasteiger partial charge on any atom is 0.472 e. The van der Waals surface area contributed by atoms with Crippen molar-refractivity contribution in [3.63, 3.8) is 0 Å². The third-order valence-corrected chi connectivity index (χ3v) is 21.5. The minimum atomic E-state index is -4.96. The Morgan fingerprint density at radius 3 is 0.752 bits per heavy atom. The Bertz CT molecular complexity index is 1940. The maximum atomic E-state index is 13.1. The van der Waals surface area contributed by atoms with Gasteiger partial charge in [-0.15, -0.1) is 0 Å². The molecule has 600 valence electrons. The van der Waals surface area contributed by atoms with E-state index in [1.807, 2.05) is 0 Å². The van der Waals surface area contributed by atoms with Crippen molar-refractivity contribution in [2.24, 2.45) is 11.8 Å². The fraction of sp³-hybridized carbons (Fsp3) is 0.951. The number of carbonyl (C=O) groups is 4. The zero-order valence-electron chi connectivity index (χ0n) is 66.2. The molecule has 0 aromatic rings. The lowest BCUT2D eigenvalue weighted by atomic mass is 9.99. The normalized spacial score (nSPS) is 14.2. The van der Waals surface area contributed by atoms with Crippen LogP contribution in [0.25, 0.3) is 0 Å². The molecular formula is C82H160O17P2. The van der Waals surface area contributed by atoms with Crippen molar-refractivity contribution in [3.05, 3.63) is 0 Å². The van der Waals surface area contributed by atoms with Crippen molar-refractivity contribution in [1.29, 1.82) is 0 Å². The number of phosphoric acid groups is 2. The van der Waals surface area contributed by atoms with Gasteiger partial charge in [0, 0.05) is 25.7 Å². The van der Waals surface area contributed by atoms with Gasteiger partial charge in [0.15, 0.2) is 12.2 Å². The van der Waals surface area contributed by atoms with E-state index in [1.54, 1.807) is 0 Å². The molecule has 19 heteroatoms. The van der Waals surface area contributed by atoms with Crippen LogP contribution >= 0.6 is 15.6 Å². The standard InChI is InChI=1S/C82H160O17P2/c1-7-10-12-14-16-18-19-35-42-48-54-60-66-81(86)98-77(70-92-79(84)64-58-52-46-38-17-15-13-11-8-2)72-96-100(88,89)94-68-76(83)69-95-101(90,91)97-73-78(71-93-80(85)65-59-53-47-41-36-31-28-24-25-29-33-39-44-50-56-62-74(4)5)99-82(87)67-61-55-49-43-37-32-27-23-21-20-22-26-30-34-40-45-51-57-63-75(6)9-3/h74-78,83H,7-73H2,1-6H3,(H,88,89)(H,90,91)/t75?,76-,77+,78+/m0/s1. The molecule has 17 nitrogen and oxygen atoms in total. The van der Waals surface area contributed by atoms with Crippen LogP contribution in [0.2, 0.25) is 0 Å². The van der Waals surface area contributed by atoms with Gasteiger partial charge in [-0.05, 0) is 37.5 Å². The van der Waals surface area contributed by atoms with Crippen LogP contribution in [-0.4, -0.2) is 96.7 Å². The van der Waals surface area contributed by atoms with Crippen molar-refractivity contribution in [1.82, 2.24) is 0 Å². The fourth-order valence-corrected chi connectivity index (χ4v) is 14.3. The summed E-state index contributed by atoms with van der Waals surface area (Å²) in [6.45, 7) is 9.72. The Labute approximate surface area is 619 Å². The second-order valence-corrected chi connectivity index (χ2v) is 33.1. The lowest BCUT2D eigenvalue weighted by Crippen LogP contribution is -2.30. The molecule has 3 unspecified atom stereocenters. The SMILES string of the molecule is CCCCCCCCCCCCCCC(=O)O[C@H](COC(=O)CCCCCCCCCCC)COP(=O)(O)OC[C@H](O)COP(=O)(O)OC[C@@H](COC(=O)CCCCCCCCCCCCCCCCCC(C)C)OC(=O)CCCCCCCCCCCCCCCCCCCCC(C)CC. The zero-order chi connectivity index (χ0) is 74.2. The van der Waals surface area contributed by atoms with Crippen molar-refractivity contribution < 1.29 is 80.2 Å². The smallest absolute Gasteiger partial charge is 0.462 e. The number of esters is 4. The van der Waals surface area contributed by atoms with Gasteiger partial charge < -0.3 is 33.8 Å². The van der Waals surface area contributed by atoms with Crippen LogP contribution in [0.5, 0.6) is 0 Å². The molecule has 0 fully saturated rings. The maximum absolute atomic E-state index is 13.1. The minimum absolute atomic E-state index is 0.108. The topological polar surface area (TPSA) is 237 Å². The van der Waals surface area contributed by atoms with Gasteiger partial charge in [-0.3, -0.25) is 37.3 Å². The Kier molecular flexibility index (Phi) is 72.2. The van der Waals surface area contributed by atoms with Crippen LogP contribution < -0.4 is 0 Å². The Morgan fingerprint density at radius 1 is 0.287 bits per heavy atom. The Morgan fingerprint density at radius 2 is 0.505 bits per heavy atom. The highest BCUT2D eigenvalue weighted by Gasteiger charge is 2.30. The van der Waals surface area contributed by atoms with Gasteiger partial charge in [-0.25, -0.2) is 9.13 Å². The number of aliphatic hydroxyl groups is 1. The van der Waals surface area contributed by atoms with Gasteiger partial charge >= 0.3 is 39.5 Å². The van der Waals surface area contributed by atoms with E-state index in [4.69, 9.17) is 37.0 Å². The van der Waals surface area contributed by atoms with Crippen molar-refractivity contribution in [2.45, 2.75) is 452 Å². The monoisotopic (exact) mass is 1480 g/mol. The number of phosphoric ester groups is 2. The van der Waals surface area contributed by atoms with Crippen molar-refractivity contribution >= 4 is 39.5 Å². The second kappa shape index (κ2) is 73.6. The summed E-state index contributed by atoms with van der Waals surface area (Å²) in [5, 5.41) is 10.6. The van der Waals surface area contributed by atoms with Crippen LogP contribution in [0.1, 0.15) is 433 Å². The predicted molar refractivity (Wildman–Crippen MR) is 414 cm³/mol. The Hall–Kier alpha value is -1.94. The highest BCUT2D eigenvalue weighted by atomic mass is 31.2. The number of unbranched alkanes of at least 4 members (excludes halogenated alkanes) is 50. The predicted octanol–water partition coefficient (Wildman–Crippen LogP) is 24.7. The molecule has 0 aliphatic carbocycles. The second-order valence-electron chi connectivity index (χ2n) is 30.2. The van der Waals surface area contributed by atoms with E-state index in [9.17, 15) is 43.2 Å². The summed E-state index contributed by atoms with van der Waals surface area (Å²) in [5.74, 6) is -0.431. The van der Waals surface area contributed by atoms with E-state index in [0.717, 1.165) is 102 Å². The summed E-state index contributed by atoms with van der Waals surface area (Å²) in [5.41, 5.74) is 0. The van der Waals surface area contributed by atoms with Crippen LogP contribution in [0.4, 0.5) is 0 Å². The van der Waals surface area contributed by atoms with Gasteiger partial charge in [0.25, 0.3) is 0 Å². The molecular weight excluding hydrogens is 1320 g/mol. The third kappa shape index (κ3) is 74.7. The Balaban J connectivity index is 5.19. The first-order chi connectivity index (χ1) is 48.9. The molecule has 0 heterocycles. The summed E-state index contributed by atoms with van der Waals surface area (Å²) in [4.78, 5) is 73.0. The lowest BCUT2D eigenvalue weighted by Gasteiger charge is -2.21. The largest absolute Gasteiger partial charge is 0.472 e. The summed E-state index contributed by atoms with van der Waals surface area (Å²) >= 11 is 0. The summed E-state index contributed by atoms with van der Waals surface area (Å²) in [6.07, 6.45) is 63.8. The van der Waals surface area contributed by atoms with Gasteiger partial charge in [0.1, 0.15) is 19.3 Å². The molecule has 0 spiro atoms. The first kappa shape index (κ1) is 99.1. The molecule has 0 aromatic heterocycles. The van der Waals surface area contributed by atoms with E-state index in [0.29, 0.717) is 25.7 Å². The minimum Gasteiger partial charge on any atom is -0.462 e. The highest BCUT2D eigenvalue weighted by molar-refractivity contribution is 7.47. The average Bonchev–Trinajstić information content (AvgIpc) is 1.37. The van der Waals surface area contributed by atoms with Crippen LogP contribution in [0.15, 0.2) is 0 Å². The van der Waals surface area contributed by atoms with E-state index in [-0.39, 0.29) is 25.7 Å². The number of aliphatic hydroxyl groups excluding tert-OH is 1. The first-order valence-electron chi connectivity index (χ1n) is 42.5. The summed E-state index contributed by atoms with van der Waals surface area (Å²) < 4.78 is 68.7. The summed E-state index contributed by atoms with van der Waals surface area (Å²) in [6, 6.07) is 0. The molecule has 0 rings (SSSR count). The van der Waals surface area contributed by atoms with Crippen LogP contribution in [0, 0.1) is 11.8 Å². The molecule has 0 aliphatic heterocycles. The van der Waals surface area contributed by atoms with Crippen molar-refractivity contribution in [2.75, 3.05) is 39.6 Å². The van der Waals surface area contributed by atoms with E-state index < -0.39 is 97.5 Å². The lowest BCUT2D eigenvalue weighted by molar-refractivity contribution is -0.161. The number of ether oxygens (including phenoxy) is 4. The average molecular weight is 1480 g/mol. The molecule has 101 heavy (non-hydrogen) atoms. The molecule has 6 atom stereocenters. The van der Waals surface area contributed by atoms with Crippen molar-refractivity contribution in [3.8, 4) is 0 Å². The molecule has 0 aromatic carbocycles. The zero-order valence-corrected chi connectivity index (χ0v) is 68.0. The molecule has 0 saturated heterocycles. The number of carbonyl (C=O) groups excluding carboxylic acids is 4. The molecule has 0 aliphatic rings.